The summed E-state index contributed by atoms with van der Waals surface area (Å²) in [7, 11) is 2.16. The number of piperidine rings is 1. The molecule has 0 spiro atoms. The summed E-state index contributed by atoms with van der Waals surface area (Å²) >= 11 is 0. The molecule has 1 N–H and O–H groups in total. The molecule has 2 aliphatic heterocycles. The molecule has 2 aromatic rings. The Morgan fingerprint density at radius 3 is 2.07 bits per heavy atom. The van der Waals surface area contributed by atoms with E-state index in [0.29, 0.717) is 0 Å². The van der Waals surface area contributed by atoms with Crippen molar-refractivity contribution < 1.29 is 0 Å². The molecular weight excluding hydrogens is 338 g/mol. The van der Waals surface area contributed by atoms with Crippen molar-refractivity contribution in [2.24, 2.45) is 0 Å². The fourth-order valence-electron chi connectivity index (χ4n) is 3.56. The smallest absolute Gasteiger partial charge is 0.128 e. The monoisotopic (exact) mass is 366 g/mol. The van der Waals surface area contributed by atoms with Gasteiger partial charge in [-0.15, -0.1) is 0 Å². The molecular formula is C20H28N7. The van der Waals surface area contributed by atoms with Gasteiger partial charge < -0.3 is 14.7 Å². The second-order valence-electron chi connectivity index (χ2n) is 7.34. The van der Waals surface area contributed by atoms with Crippen LogP contribution in [-0.2, 0) is 0 Å². The summed E-state index contributed by atoms with van der Waals surface area (Å²) in [4.78, 5) is 16.2. The van der Waals surface area contributed by atoms with Gasteiger partial charge in [-0.25, -0.2) is 9.97 Å². The summed E-state index contributed by atoms with van der Waals surface area (Å²) in [6, 6.07) is 8.15. The summed E-state index contributed by atoms with van der Waals surface area (Å²) < 4.78 is 0. The van der Waals surface area contributed by atoms with Crippen LogP contribution in [0.1, 0.15) is 19.3 Å². The molecule has 0 unspecified atom stereocenters. The highest BCUT2D eigenvalue weighted by atomic mass is 15.4. The molecule has 4 rings (SSSR count). The average Bonchev–Trinajstić information content (AvgIpc) is 2.74. The lowest BCUT2D eigenvalue weighted by atomic mass is 10.1. The Kier molecular flexibility index (Phi) is 5.58. The zero-order valence-electron chi connectivity index (χ0n) is 16.0. The van der Waals surface area contributed by atoms with E-state index in [1.54, 1.807) is 0 Å². The van der Waals surface area contributed by atoms with Crippen LogP contribution in [0.15, 0.2) is 36.7 Å². The van der Waals surface area contributed by atoms with E-state index < -0.39 is 0 Å². The summed E-state index contributed by atoms with van der Waals surface area (Å²) in [5, 5.41) is 0. The molecule has 4 heterocycles. The molecule has 0 aliphatic carbocycles. The first-order valence-electron chi connectivity index (χ1n) is 9.85. The van der Waals surface area contributed by atoms with Crippen LogP contribution < -0.4 is 20.7 Å². The molecule has 0 amide bonds. The minimum absolute atomic E-state index is 0.818. The second kappa shape index (κ2) is 8.43. The number of likely N-dealkylation sites (N-methyl/N-ethyl adjacent to an activating group) is 1. The zero-order chi connectivity index (χ0) is 18.5. The van der Waals surface area contributed by atoms with Gasteiger partial charge in [-0.3, -0.25) is 5.43 Å². The number of nitrogens with one attached hydrogen (secondary N) is 1. The lowest BCUT2D eigenvalue weighted by Gasteiger charge is -2.33. The van der Waals surface area contributed by atoms with Gasteiger partial charge in [-0.1, -0.05) is 0 Å². The van der Waals surface area contributed by atoms with Crippen molar-refractivity contribution in [3.63, 3.8) is 0 Å². The molecule has 0 atom stereocenters. The van der Waals surface area contributed by atoms with Crippen molar-refractivity contribution in [3.05, 3.63) is 36.7 Å². The van der Waals surface area contributed by atoms with E-state index in [-0.39, 0.29) is 0 Å². The lowest BCUT2D eigenvalue weighted by molar-refractivity contribution is 0.312. The number of hydrogen-bond acceptors (Lipinski definition) is 6. The molecule has 27 heavy (non-hydrogen) atoms. The van der Waals surface area contributed by atoms with Crippen LogP contribution in [0.4, 0.5) is 23.0 Å². The van der Waals surface area contributed by atoms with Crippen molar-refractivity contribution in [3.8, 4) is 0 Å². The maximum Gasteiger partial charge on any atom is 0.128 e. The molecule has 1 radical (unpaired) electrons. The van der Waals surface area contributed by atoms with E-state index in [0.717, 1.165) is 62.3 Å². The Labute approximate surface area is 161 Å². The Bertz CT molecular complexity index is 702. The number of rotatable bonds is 5. The van der Waals surface area contributed by atoms with E-state index in [1.165, 1.54) is 19.3 Å². The molecule has 2 aliphatic rings. The minimum atomic E-state index is 0.818. The average molecular weight is 366 g/mol. The molecule has 0 saturated carbocycles. The first-order chi connectivity index (χ1) is 13.3. The van der Waals surface area contributed by atoms with Crippen molar-refractivity contribution in [1.82, 2.24) is 20.3 Å². The second-order valence-corrected chi connectivity index (χ2v) is 7.34. The van der Waals surface area contributed by atoms with Crippen molar-refractivity contribution in [2.45, 2.75) is 19.3 Å². The standard InChI is InChI=1S/C20H28N7/c1-25-11-13-27(14-12-25)20-8-6-18(16-22-20)24-23-17-5-7-19(21-15-17)26-9-3-2-4-10-26/h5-8,15-16,24H,2-4,9-14H2,1H3. The SMILES string of the molecule is CN1CCN(c2ccc(N[N]c3ccc(N4CCCCC4)nc3)cn2)CC1. The van der Waals surface area contributed by atoms with Gasteiger partial charge in [0.15, 0.2) is 0 Å². The highest BCUT2D eigenvalue weighted by Gasteiger charge is 2.15. The van der Waals surface area contributed by atoms with Crippen molar-refractivity contribution in [1.29, 1.82) is 0 Å². The number of hydrogen-bond donors (Lipinski definition) is 1. The number of piperazine rings is 1. The van der Waals surface area contributed by atoms with Crippen LogP contribution in [0.5, 0.6) is 0 Å². The number of aromatic nitrogens is 2. The first-order valence-corrected chi connectivity index (χ1v) is 9.85. The summed E-state index contributed by atoms with van der Waals surface area (Å²) in [5.74, 6) is 2.08. The Balaban J connectivity index is 1.29. The predicted octanol–water partition coefficient (Wildman–Crippen LogP) is 2.48. The number of nitrogens with zero attached hydrogens (tertiary/aromatic N) is 6. The largest absolute Gasteiger partial charge is 0.357 e. The lowest BCUT2D eigenvalue weighted by Crippen LogP contribution is -2.44. The molecule has 7 nitrogen and oxygen atoms in total. The first kappa shape index (κ1) is 17.9. The molecule has 0 bridgehead atoms. The molecule has 7 heteroatoms. The van der Waals surface area contributed by atoms with Crippen LogP contribution in [0, 0.1) is 0 Å². The van der Waals surface area contributed by atoms with Gasteiger partial charge in [0.25, 0.3) is 0 Å². The van der Waals surface area contributed by atoms with E-state index in [4.69, 9.17) is 0 Å². The third kappa shape index (κ3) is 4.60. The summed E-state index contributed by atoms with van der Waals surface area (Å²) in [5.41, 5.74) is 9.20. The Morgan fingerprint density at radius 2 is 1.44 bits per heavy atom. The molecule has 143 valence electrons. The van der Waals surface area contributed by atoms with Gasteiger partial charge >= 0.3 is 0 Å². The maximum absolute atomic E-state index is 4.58. The predicted molar refractivity (Wildman–Crippen MR) is 110 cm³/mol. The van der Waals surface area contributed by atoms with Gasteiger partial charge in [0, 0.05) is 39.3 Å². The summed E-state index contributed by atoms with van der Waals surface area (Å²) in [6.45, 7) is 6.42. The Hall–Kier alpha value is -2.54. The van der Waals surface area contributed by atoms with Crippen LogP contribution >= 0.6 is 0 Å². The molecule has 0 aromatic carbocycles. The fourth-order valence-corrected chi connectivity index (χ4v) is 3.56. The van der Waals surface area contributed by atoms with Crippen LogP contribution in [0.25, 0.3) is 0 Å². The fraction of sp³-hybridized carbons (Fsp3) is 0.500. The highest BCUT2D eigenvalue weighted by molar-refractivity contribution is 5.51. The van der Waals surface area contributed by atoms with Gasteiger partial charge in [-0.05, 0) is 50.6 Å². The quantitative estimate of drug-likeness (QED) is 0.821. The normalized spacial score (nSPS) is 18.4. The zero-order valence-corrected chi connectivity index (χ0v) is 16.0. The van der Waals surface area contributed by atoms with E-state index in [9.17, 15) is 0 Å². The third-order valence-electron chi connectivity index (χ3n) is 5.30. The molecule has 2 fully saturated rings. The van der Waals surface area contributed by atoms with E-state index in [2.05, 4.69) is 54.7 Å². The summed E-state index contributed by atoms with van der Waals surface area (Å²) in [6.07, 6.45) is 7.50. The van der Waals surface area contributed by atoms with Crippen LogP contribution in [-0.4, -0.2) is 61.2 Å². The van der Waals surface area contributed by atoms with E-state index in [1.807, 2.05) is 24.5 Å². The molecule has 2 saturated heterocycles. The van der Waals surface area contributed by atoms with E-state index >= 15 is 0 Å². The molecule has 2 aromatic heterocycles. The van der Waals surface area contributed by atoms with Gasteiger partial charge in [0.05, 0.1) is 18.1 Å². The maximum atomic E-state index is 4.58. The topological polar surface area (TPSA) is 61.6 Å². The van der Waals surface area contributed by atoms with Crippen molar-refractivity contribution >= 4 is 23.0 Å². The minimum Gasteiger partial charge on any atom is -0.357 e. The number of anilines is 3. The van der Waals surface area contributed by atoms with Crippen molar-refractivity contribution in [2.75, 3.05) is 61.5 Å². The Morgan fingerprint density at radius 1 is 0.778 bits per heavy atom. The van der Waals surface area contributed by atoms with Gasteiger partial charge in [0.1, 0.15) is 17.3 Å². The van der Waals surface area contributed by atoms with Gasteiger partial charge in [0.2, 0.25) is 0 Å². The van der Waals surface area contributed by atoms with Gasteiger partial charge in [-0.2, -0.15) is 5.43 Å². The van der Waals surface area contributed by atoms with Crippen LogP contribution in [0.2, 0.25) is 0 Å². The van der Waals surface area contributed by atoms with Crippen LogP contribution in [0.3, 0.4) is 0 Å². The number of pyridine rings is 2. The third-order valence-corrected chi connectivity index (χ3v) is 5.30. The highest BCUT2D eigenvalue weighted by Crippen LogP contribution is 2.20.